The van der Waals surface area contributed by atoms with Crippen LogP contribution in [0.15, 0.2) is 24.5 Å². The van der Waals surface area contributed by atoms with Crippen molar-refractivity contribution in [2.75, 3.05) is 12.4 Å². The van der Waals surface area contributed by atoms with Crippen molar-refractivity contribution >= 4 is 40.8 Å². The predicted octanol–water partition coefficient (Wildman–Crippen LogP) is 3.87. The molecule has 2 rings (SSSR count). The largest absolute Gasteiger partial charge is 0.358 e. The third kappa shape index (κ3) is 1.98. The van der Waals surface area contributed by atoms with Gasteiger partial charge in [0.2, 0.25) is 5.95 Å². The molecular weight excluding hydrogens is 268 g/mol. The Bertz CT molecular complexity index is 522. The van der Waals surface area contributed by atoms with E-state index in [0.29, 0.717) is 21.0 Å². The maximum absolute atomic E-state index is 6.10. The molecule has 6 heteroatoms. The number of nitrogens with zero attached hydrogens (tertiary/aromatic N) is 2. The minimum atomic E-state index is 0.432. The average Bonchev–Trinajstić information content (AvgIpc) is 2.71. The topological polar surface area (TPSA) is 29.9 Å². The van der Waals surface area contributed by atoms with Gasteiger partial charge < -0.3 is 5.32 Å². The molecule has 1 N–H and O–H groups in total. The van der Waals surface area contributed by atoms with Gasteiger partial charge in [0.1, 0.15) is 0 Å². The molecule has 0 aliphatic carbocycles. The molecule has 0 aliphatic heterocycles. The SMILES string of the molecule is CNc1nccn1-c1cc(Cl)c(Cl)cc1Cl. The van der Waals surface area contributed by atoms with Crippen LogP contribution >= 0.6 is 34.8 Å². The zero-order valence-corrected chi connectivity index (χ0v) is 10.6. The second-order valence-corrected chi connectivity index (χ2v) is 4.31. The van der Waals surface area contributed by atoms with Crippen molar-refractivity contribution in [2.45, 2.75) is 0 Å². The number of imidazole rings is 1. The van der Waals surface area contributed by atoms with E-state index in [0.717, 1.165) is 5.69 Å². The number of hydrogen-bond acceptors (Lipinski definition) is 2. The van der Waals surface area contributed by atoms with Gasteiger partial charge in [0, 0.05) is 19.4 Å². The van der Waals surface area contributed by atoms with Gasteiger partial charge in [-0.2, -0.15) is 0 Å². The molecule has 0 saturated carbocycles. The maximum atomic E-state index is 6.10. The summed E-state index contributed by atoms with van der Waals surface area (Å²) in [5.74, 6) is 0.681. The van der Waals surface area contributed by atoms with E-state index in [1.54, 1.807) is 36.1 Å². The van der Waals surface area contributed by atoms with Gasteiger partial charge in [-0.3, -0.25) is 4.57 Å². The molecule has 1 aromatic carbocycles. The molecule has 0 bridgehead atoms. The molecule has 0 atom stereocenters. The van der Waals surface area contributed by atoms with E-state index < -0.39 is 0 Å². The summed E-state index contributed by atoms with van der Waals surface area (Å²) in [4.78, 5) is 4.12. The third-order valence-corrected chi connectivity index (χ3v) is 3.14. The molecule has 0 unspecified atom stereocenters. The summed E-state index contributed by atoms with van der Waals surface area (Å²) in [6, 6.07) is 3.31. The lowest BCUT2D eigenvalue weighted by molar-refractivity contribution is 1.05. The van der Waals surface area contributed by atoms with Crippen LogP contribution in [0.5, 0.6) is 0 Å². The second-order valence-electron chi connectivity index (χ2n) is 3.09. The lowest BCUT2D eigenvalue weighted by Gasteiger charge is -2.10. The number of anilines is 1. The molecule has 0 fully saturated rings. The van der Waals surface area contributed by atoms with Gasteiger partial charge in [-0.15, -0.1) is 0 Å². The van der Waals surface area contributed by atoms with Crippen molar-refractivity contribution in [3.8, 4) is 5.69 Å². The number of nitrogens with one attached hydrogen (secondary N) is 1. The van der Waals surface area contributed by atoms with Gasteiger partial charge >= 0.3 is 0 Å². The van der Waals surface area contributed by atoms with E-state index >= 15 is 0 Å². The highest BCUT2D eigenvalue weighted by molar-refractivity contribution is 6.43. The van der Waals surface area contributed by atoms with Crippen LogP contribution in [0.25, 0.3) is 5.69 Å². The summed E-state index contributed by atoms with van der Waals surface area (Å²) in [7, 11) is 1.78. The highest BCUT2D eigenvalue weighted by Gasteiger charge is 2.10. The molecule has 3 nitrogen and oxygen atoms in total. The Morgan fingerprint density at radius 2 is 1.81 bits per heavy atom. The van der Waals surface area contributed by atoms with Gasteiger partial charge in [0.05, 0.1) is 20.8 Å². The Labute approximate surface area is 108 Å². The van der Waals surface area contributed by atoms with Crippen LogP contribution in [-0.2, 0) is 0 Å². The van der Waals surface area contributed by atoms with Crippen LogP contribution in [-0.4, -0.2) is 16.6 Å². The first-order chi connectivity index (χ1) is 7.63. The van der Waals surface area contributed by atoms with Crippen LogP contribution in [0.4, 0.5) is 5.95 Å². The fraction of sp³-hybridized carbons (Fsp3) is 0.100. The predicted molar refractivity (Wildman–Crippen MR) is 68.1 cm³/mol. The van der Waals surface area contributed by atoms with Gasteiger partial charge in [-0.1, -0.05) is 34.8 Å². The molecule has 0 aliphatic rings. The average molecular weight is 277 g/mol. The quantitative estimate of drug-likeness (QED) is 0.844. The monoisotopic (exact) mass is 275 g/mol. The van der Waals surface area contributed by atoms with E-state index in [-0.39, 0.29) is 0 Å². The molecule has 0 amide bonds. The summed E-state index contributed by atoms with van der Waals surface area (Å²) in [5, 5.41) is 4.36. The molecule has 16 heavy (non-hydrogen) atoms. The summed E-state index contributed by atoms with van der Waals surface area (Å²) in [6.07, 6.45) is 3.46. The van der Waals surface area contributed by atoms with Crippen molar-refractivity contribution in [2.24, 2.45) is 0 Å². The summed E-state index contributed by atoms with van der Waals surface area (Å²) in [6.45, 7) is 0. The summed E-state index contributed by atoms with van der Waals surface area (Å²) >= 11 is 17.9. The first kappa shape index (κ1) is 11.6. The normalized spacial score (nSPS) is 10.5. The molecular formula is C10H8Cl3N3. The molecule has 0 saturated heterocycles. The van der Waals surface area contributed by atoms with Crippen LogP contribution in [0.3, 0.4) is 0 Å². The lowest BCUT2D eigenvalue weighted by atomic mass is 10.3. The minimum Gasteiger partial charge on any atom is -0.358 e. The lowest BCUT2D eigenvalue weighted by Crippen LogP contribution is -2.01. The number of benzene rings is 1. The van der Waals surface area contributed by atoms with Gasteiger partial charge in [0.15, 0.2) is 0 Å². The zero-order valence-electron chi connectivity index (χ0n) is 8.34. The van der Waals surface area contributed by atoms with E-state index in [9.17, 15) is 0 Å². The number of rotatable bonds is 2. The summed E-state index contributed by atoms with van der Waals surface area (Å²) in [5.41, 5.74) is 0.734. The first-order valence-electron chi connectivity index (χ1n) is 4.49. The number of aromatic nitrogens is 2. The highest BCUT2D eigenvalue weighted by atomic mass is 35.5. The Balaban J connectivity index is 2.60. The van der Waals surface area contributed by atoms with E-state index in [4.69, 9.17) is 34.8 Å². The third-order valence-electron chi connectivity index (χ3n) is 2.11. The van der Waals surface area contributed by atoms with Crippen LogP contribution in [0.2, 0.25) is 15.1 Å². The Kier molecular flexibility index (Phi) is 3.28. The molecule has 84 valence electrons. The molecule has 1 heterocycles. The Morgan fingerprint density at radius 3 is 2.50 bits per heavy atom. The molecule has 1 aromatic heterocycles. The fourth-order valence-electron chi connectivity index (χ4n) is 1.38. The summed E-state index contributed by atoms with van der Waals surface area (Å²) < 4.78 is 1.80. The fourth-order valence-corrected chi connectivity index (χ4v) is 2.01. The first-order valence-corrected chi connectivity index (χ1v) is 5.63. The van der Waals surface area contributed by atoms with Gasteiger partial charge in [0.25, 0.3) is 0 Å². The molecule has 2 aromatic rings. The second kappa shape index (κ2) is 4.53. The standard InChI is InChI=1S/C10H8Cl3N3/c1-14-10-15-2-3-16(10)9-5-7(12)6(11)4-8(9)13/h2-5H,1H3,(H,14,15). The van der Waals surface area contributed by atoms with E-state index in [1.807, 2.05) is 0 Å². The highest BCUT2D eigenvalue weighted by Crippen LogP contribution is 2.32. The zero-order chi connectivity index (χ0) is 11.7. The smallest absolute Gasteiger partial charge is 0.207 e. The van der Waals surface area contributed by atoms with Crippen molar-refractivity contribution in [3.63, 3.8) is 0 Å². The van der Waals surface area contributed by atoms with Crippen LogP contribution in [0, 0.1) is 0 Å². The maximum Gasteiger partial charge on any atom is 0.207 e. The van der Waals surface area contributed by atoms with E-state index in [2.05, 4.69) is 10.3 Å². The van der Waals surface area contributed by atoms with Gasteiger partial charge in [-0.05, 0) is 12.1 Å². The van der Waals surface area contributed by atoms with Crippen molar-refractivity contribution in [1.29, 1.82) is 0 Å². The van der Waals surface area contributed by atoms with E-state index in [1.165, 1.54) is 0 Å². The number of hydrogen-bond donors (Lipinski definition) is 1. The number of halogens is 3. The van der Waals surface area contributed by atoms with Crippen molar-refractivity contribution in [1.82, 2.24) is 9.55 Å². The Hall–Kier alpha value is -0.900. The molecule has 0 radical (unpaired) electrons. The van der Waals surface area contributed by atoms with Crippen molar-refractivity contribution < 1.29 is 0 Å². The van der Waals surface area contributed by atoms with Crippen molar-refractivity contribution in [3.05, 3.63) is 39.6 Å². The minimum absolute atomic E-state index is 0.432. The van der Waals surface area contributed by atoms with Crippen LogP contribution < -0.4 is 5.32 Å². The molecule has 0 spiro atoms. The van der Waals surface area contributed by atoms with Gasteiger partial charge in [-0.25, -0.2) is 4.98 Å². The van der Waals surface area contributed by atoms with Crippen LogP contribution in [0.1, 0.15) is 0 Å². The Morgan fingerprint density at radius 1 is 1.12 bits per heavy atom.